The van der Waals surface area contributed by atoms with Gasteiger partial charge in [0.1, 0.15) is 0 Å². The molecule has 0 fully saturated rings. The molecular formula is C11H16Cl2N3OP. The second kappa shape index (κ2) is 5.70. The summed E-state index contributed by atoms with van der Waals surface area (Å²) in [7, 11) is -2.85. The fraction of sp³-hybridized carbons (Fsp3) is 0.455. The number of hydrogen-bond donors (Lipinski definition) is 2. The fourth-order valence-electron chi connectivity index (χ4n) is 1.93. The van der Waals surface area contributed by atoms with Crippen LogP contribution in [0.3, 0.4) is 0 Å². The highest BCUT2D eigenvalue weighted by Crippen LogP contribution is 2.56. The van der Waals surface area contributed by atoms with Crippen molar-refractivity contribution < 1.29 is 4.57 Å². The SMILES string of the molecule is Cc1ccc2c(c1)N[P@@](=O)(N(CCCl)CCCl)N2. The summed E-state index contributed by atoms with van der Waals surface area (Å²) in [4.78, 5) is 0. The average molecular weight is 308 g/mol. The normalized spacial score (nSPS) is 21.6. The largest absolute Gasteiger partial charge is 0.330 e. The number of benzene rings is 1. The Morgan fingerprint density at radius 3 is 2.39 bits per heavy atom. The standard InChI is InChI=1S/C11H16Cl2N3OP/c1-9-2-3-10-11(8-9)15-18(17,14-10)16(6-4-12)7-5-13/h2-3,8H,4-7H2,1H3,(H2,14,15,17)/t18-/m1/s1. The van der Waals surface area contributed by atoms with Crippen molar-refractivity contribution in [2.24, 2.45) is 0 Å². The van der Waals surface area contributed by atoms with Crippen molar-refractivity contribution in [2.45, 2.75) is 6.92 Å². The number of alkyl halides is 2. The van der Waals surface area contributed by atoms with Gasteiger partial charge in [-0.25, -0.2) is 4.67 Å². The Hall–Kier alpha value is -0.410. The zero-order chi connectivity index (χ0) is 13.2. The molecule has 2 N–H and O–H groups in total. The van der Waals surface area contributed by atoms with Gasteiger partial charge in [0.25, 0.3) is 0 Å². The molecule has 1 heterocycles. The Labute approximate surface area is 117 Å². The molecule has 0 aromatic heterocycles. The predicted molar refractivity (Wildman–Crippen MR) is 79.0 cm³/mol. The minimum absolute atomic E-state index is 0.416. The first-order chi connectivity index (χ1) is 8.59. The number of rotatable bonds is 5. The second-order valence-corrected chi connectivity index (χ2v) is 7.10. The quantitative estimate of drug-likeness (QED) is 0.643. The van der Waals surface area contributed by atoms with E-state index in [2.05, 4.69) is 10.2 Å². The van der Waals surface area contributed by atoms with Gasteiger partial charge in [0.2, 0.25) is 0 Å². The molecule has 7 heteroatoms. The van der Waals surface area contributed by atoms with Crippen molar-refractivity contribution >= 4 is 42.2 Å². The molecule has 2 rings (SSSR count). The van der Waals surface area contributed by atoms with Crippen molar-refractivity contribution in [3.05, 3.63) is 23.8 Å². The number of nitrogens with one attached hydrogen (secondary N) is 2. The van der Waals surface area contributed by atoms with E-state index in [9.17, 15) is 4.57 Å². The van der Waals surface area contributed by atoms with Crippen LogP contribution in [-0.2, 0) is 4.57 Å². The molecule has 0 saturated carbocycles. The average Bonchev–Trinajstić information content (AvgIpc) is 2.65. The van der Waals surface area contributed by atoms with Gasteiger partial charge in [-0.2, -0.15) is 0 Å². The number of aryl methyl sites for hydroxylation is 1. The van der Waals surface area contributed by atoms with Gasteiger partial charge in [0.15, 0.2) is 0 Å². The first-order valence-corrected chi connectivity index (χ1v) is 8.46. The zero-order valence-corrected chi connectivity index (χ0v) is 12.5. The molecule has 1 aliphatic rings. The lowest BCUT2D eigenvalue weighted by Crippen LogP contribution is -2.29. The van der Waals surface area contributed by atoms with E-state index in [-0.39, 0.29) is 0 Å². The van der Waals surface area contributed by atoms with E-state index in [0.717, 1.165) is 16.9 Å². The third-order valence-electron chi connectivity index (χ3n) is 2.80. The van der Waals surface area contributed by atoms with Crippen molar-refractivity contribution in [1.29, 1.82) is 0 Å². The summed E-state index contributed by atoms with van der Waals surface area (Å²) in [6, 6.07) is 5.88. The van der Waals surface area contributed by atoms with Crippen LogP contribution >= 0.6 is 30.8 Å². The van der Waals surface area contributed by atoms with Gasteiger partial charge in [0, 0.05) is 24.8 Å². The highest BCUT2D eigenvalue weighted by atomic mass is 35.5. The van der Waals surface area contributed by atoms with Crippen LogP contribution in [0.1, 0.15) is 5.56 Å². The molecule has 1 atom stereocenters. The summed E-state index contributed by atoms with van der Waals surface area (Å²) in [5.74, 6) is 0.833. The molecule has 18 heavy (non-hydrogen) atoms. The molecule has 1 aromatic rings. The van der Waals surface area contributed by atoms with Gasteiger partial charge in [-0.3, -0.25) is 4.57 Å². The van der Waals surface area contributed by atoms with E-state index in [1.54, 1.807) is 4.67 Å². The first kappa shape index (κ1) is 14.0. The van der Waals surface area contributed by atoms with Gasteiger partial charge in [-0.1, -0.05) is 6.07 Å². The van der Waals surface area contributed by atoms with Gasteiger partial charge < -0.3 is 10.2 Å². The molecule has 100 valence electrons. The Morgan fingerprint density at radius 1 is 1.17 bits per heavy atom. The maximum Gasteiger partial charge on any atom is 0.330 e. The molecule has 0 unspecified atom stereocenters. The molecule has 0 radical (unpaired) electrons. The monoisotopic (exact) mass is 307 g/mol. The summed E-state index contributed by atoms with van der Waals surface area (Å²) in [5.41, 5.74) is 2.85. The highest BCUT2D eigenvalue weighted by Gasteiger charge is 2.36. The minimum atomic E-state index is -2.85. The summed E-state index contributed by atoms with van der Waals surface area (Å²) in [6.45, 7) is 3.05. The van der Waals surface area contributed by atoms with E-state index in [0.29, 0.717) is 24.8 Å². The topological polar surface area (TPSA) is 44.4 Å². The van der Waals surface area contributed by atoms with Gasteiger partial charge >= 0.3 is 7.59 Å². The van der Waals surface area contributed by atoms with Gasteiger partial charge in [0.05, 0.1) is 11.4 Å². The molecule has 0 bridgehead atoms. The number of halogens is 2. The lowest BCUT2D eigenvalue weighted by atomic mass is 10.2. The molecule has 0 amide bonds. The molecule has 0 saturated heterocycles. The van der Waals surface area contributed by atoms with Crippen LogP contribution in [0.4, 0.5) is 11.4 Å². The third kappa shape index (κ3) is 2.77. The van der Waals surface area contributed by atoms with Crippen molar-refractivity contribution in [1.82, 2.24) is 4.67 Å². The van der Waals surface area contributed by atoms with Crippen molar-refractivity contribution in [3.63, 3.8) is 0 Å². The van der Waals surface area contributed by atoms with Crippen LogP contribution in [0.5, 0.6) is 0 Å². The van der Waals surface area contributed by atoms with E-state index in [1.807, 2.05) is 25.1 Å². The van der Waals surface area contributed by atoms with Gasteiger partial charge in [-0.15, -0.1) is 23.2 Å². The highest BCUT2D eigenvalue weighted by molar-refractivity contribution is 7.65. The maximum atomic E-state index is 12.8. The van der Waals surface area contributed by atoms with E-state index in [4.69, 9.17) is 23.2 Å². The summed E-state index contributed by atoms with van der Waals surface area (Å²) < 4.78 is 14.6. The number of nitrogens with zero attached hydrogens (tertiary/aromatic N) is 1. The summed E-state index contributed by atoms with van der Waals surface area (Å²) in [6.07, 6.45) is 0. The predicted octanol–water partition coefficient (Wildman–Crippen LogP) is 3.72. The van der Waals surface area contributed by atoms with Crippen LogP contribution in [0, 0.1) is 6.92 Å². The molecule has 0 spiro atoms. The maximum absolute atomic E-state index is 12.8. The van der Waals surface area contributed by atoms with Crippen molar-refractivity contribution in [2.75, 3.05) is 35.0 Å². The fourth-order valence-corrected chi connectivity index (χ4v) is 4.71. The van der Waals surface area contributed by atoms with Gasteiger partial charge in [-0.05, 0) is 24.6 Å². The Balaban J connectivity index is 2.22. The van der Waals surface area contributed by atoms with Crippen LogP contribution in [0.25, 0.3) is 0 Å². The van der Waals surface area contributed by atoms with Crippen LogP contribution in [0.2, 0.25) is 0 Å². The molecule has 4 nitrogen and oxygen atoms in total. The zero-order valence-electron chi connectivity index (χ0n) is 10.1. The Morgan fingerprint density at radius 2 is 1.78 bits per heavy atom. The molecular weight excluding hydrogens is 292 g/mol. The number of hydrogen-bond acceptors (Lipinski definition) is 1. The second-order valence-electron chi connectivity index (χ2n) is 4.18. The minimum Gasteiger partial charge on any atom is -0.306 e. The summed E-state index contributed by atoms with van der Waals surface area (Å²) in [5, 5.41) is 6.14. The van der Waals surface area contributed by atoms with Crippen LogP contribution in [-0.4, -0.2) is 29.5 Å². The van der Waals surface area contributed by atoms with E-state index >= 15 is 0 Å². The number of anilines is 2. The van der Waals surface area contributed by atoms with E-state index in [1.165, 1.54) is 0 Å². The van der Waals surface area contributed by atoms with Crippen molar-refractivity contribution in [3.8, 4) is 0 Å². The van der Waals surface area contributed by atoms with E-state index < -0.39 is 7.59 Å². The molecule has 0 aliphatic carbocycles. The Bertz CT molecular complexity index is 477. The lowest BCUT2D eigenvalue weighted by molar-refractivity contribution is 0.455. The lowest BCUT2D eigenvalue weighted by Gasteiger charge is -2.27. The molecule has 1 aliphatic heterocycles. The summed E-state index contributed by atoms with van der Waals surface area (Å²) >= 11 is 11.5. The first-order valence-electron chi connectivity index (χ1n) is 5.73. The Kier molecular flexibility index (Phi) is 4.44. The number of fused-ring (bicyclic) bond motifs is 1. The van der Waals surface area contributed by atoms with Crippen LogP contribution < -0.4 is 10.2 Å². The van der Waals surface area contributed by atoms with Crippen LogP contribution in [0.15, 0.2) is 18.2 Å². The third-order valence-corrected chi connectivity index (χ3v) is 5.43. The smallest absolute Gasteiger partial charge is 0.306 e. The molecule has 1 aromatic carbocycles.